The zero-order valence-electron chi connectivity index (χ0n) is 14.9. The van der Waals surface area contributed by atoms with Crippen molar-refractivity contribution in [3.8, 4) is 0 Å². The molecular weight excluding hydrogens is 320 g/mol. The minimum absolute atomic E-state index is 0.0583. The average molecular weight is 346 g/mol. The largest absolute Gasteiger partial charge is 0.450 e. The standard InChI is InChI=1S/C19H26N2O2S/c1-5-23-19(22)21-9-8-14-15-10-12(2)6-7-16(15)20-18(14)17(21)11-13(3)24-4/h6-7,10,13,17,20H,5,8-9,11H2,1-4H3. The highest BCUT2D eigenvalue weighted by Gasteiger charge is 2.34. The van der Waals surface area contributed by atoms with Crippen molar-refractivity contribution in [1.29, 1.82) is 0 Å². The SMILES string of the molecule is CCOC(=O)N1CCc2c([nH]c3ccc(C)cc23)C1CC(C)SC. The molecule has 1 N–H and O–H groups in total. The molecule has 0 spiro atoms. The Balaban J connectivity index is 2.04. The van der Waals surface area contributed by atoms with Gasteiger partial charge < -0.3 is 9.72 Å². The summed E-state index contributed by atoms with van der Waals surface area (Å²) < 4.78 is 5.30. The number of benzene rings is 1. The number of ether oxygens (including phenoxy) is 1. The van der Waals surface area contributed by atoms with E-state index in [0.717, 1.165) is 24.9 Å². The van der Waals surface area contributed by atoms with Crippen molar-refractivity contribution in [2.24, 2.45) is 0 Å². The summed E-state index contributed by atoms with van der Waals surface area (Å²) in [5.74, 6) is 0. The van der Waals surface area contributed by atoms with Gasteiger partial charge in [-0.3, -0.25) is 4.90 Å². The van der Waals surface area contributed by atoms with Gasteiger partial charge >= 0.3 is 6.09 Å². The van der Waals surface area contributed by atoms with Crippen LogP contribution in [-0.4, -0.2) is 40.6 Å². The number of aryl methyl sites for hydroxylation is 1. The van der Waals surface area contributed by atoms with E-state index in [1.807, 2.05) is 23.6 Å². The summed E-state index contributed by atoms with van der Waals surface area (Å²) in [6.45, 7) is 7.34. The first-order valence-electron chi connectivity index (χ1n) is 8.62. The number of H-pyrrole nitrogens is 1. The van der Waals surface area contributed by atoms with Gasteiger partial charge in [-0.2, -0.15) is 11.8 Å². The highest BCUT2D eigenvalue weighted by atomic mass is 32.2. The number of hydrogen-bond donors (Lipinski definition) is 1. The fourth-order valence-corrected chi connectivity index (χ4v) is 3.94. The lowest BCUT2D eigenvalue weighted by Crippen LogP contribution is -2.41. The minimum Gasteiger partial charge on any atom is -0.450 e. The van der Waals surface area contributed by atoms with Gasteiger partial charge in [0.2, 0.25) is 0 Å². The van der Waals surface area contributed by atoms with Gasteiger partial charge in [0.25, 0.3) is 0 Å². The molecule has 3 rings (SSSR count). The van der Waals surface area contributed by atoms with Crippen LogP contribution >= 0.6 is 11.8 Å². The molecule has 5 heteroatoms. The second-order valence-corrected chi connectivity index (χ2v) is 7.78. The Bertz CT molecular complexity index is 740. The molecule has 0 saturated heterocycles. The molecule has 1 aliphatic heterocycles. The number of amides is 1. The van der Waals surface area contributed by atoms with Crippen molar-refractivity contribution >= 4 is 28.8 Å². The molecule has 0 bridgehead atoms. The Morgan fingerprint density at radius 3 is 3.00 bits per heavy atom. The van der Waals surface area contributed by atoms with Crippen molar-refractivity contribution < 1.29 is 9.53 Å². The number of rotatable bonds is 4. The number of nitrogens with one attached hydrogen (secondary N) is 1. The van der Waals surface area contributed by atoms with Gasteiger partial charge in [-0.05, 0) is 50.6 Å². The number of carbonyl (C=O) groups is 1. The van der Waals surface area contributed by atoms with E-state index in [2.05, 4.69) is 43.3 Å². The molecule has 1 aliphatic rings. The number of aromatic amines is 1. The third kappa shape index (κ3) is 3.14. The van der Waals surface area contributed by atoms with Gasteiger partial charge in [0, 0.05) is 28.4 Å². The number of carbonyl (C=O) groups excluding carboxylic acids is 1. The zero-order valence-corrected chi connectivity index (χ0v) is 15.7. The van der Waals surface area contributed by atoms with E-state index in [-0.39, 0.29) is 12.1 Å². The lowest BCUT2D eigenvalue weighted by Gasteiger charge is -2.36. The van der Waals surface area contributed by atoms with E-state index in [1.54, 1.807) is 0 Å². The topological polar surface area (TPSA) is 45.3 Å². The Labute approximate surface area is 147 Å². The Kier molecular flexibility index (Phi) is 5.09. The van der Waals surface area contributed by atoms with Crippen LogP contribution in [0, 0.1) is 6.92 Å². The molecule has 1 amide bonds. The maximum absolute atomic E-state index is 12.4. The first-order valence-corrected chi connectivity index (χ1v) is 9.91. The molecule has 0 fully saturated rings. The van der Waals surface area contributed by atoms with Crippen LogP contribution in [0.25, 0.3) is 10.9 Å². The highest BCUT2D eigenvalue weighted by molar-refractivity contribution is 7.99. The number of aromatic nitrogens is 1. The third-order valence-corrected chi connectivity index (χ3v) is 5.86. The van der Waals surface area contributed by atoms with Crippen molar-refractivity contribution in [3.63, 3.8) is 0 Å². The van der Waals surface area contributed by atoms with Gasteiger partial charge in [-0.1, -0.05) is 18.6 Å². The molecular formula is C19H26N2O2S. The Hall–Kier alpha value is -1.62. The van der Waals surface area contributed by atoms with Gasteiger partial charge in [0.1, 0.15) is 0 Å². The second-order valence-electron chi connectivity index (χ2n) is 6.51. The van der Waals surface area contributed by atoms with Crippen molar-refractivity contribution in [1.82, 2.24) is 9.88 Å². The molecule has 1 aromatic carbocycles. The zero-order chi connectivity index (χ0) is 17.3. The summed E-state index contributed by atoms with van der Waals surface area (Å²) in [4.78, 5) is 17.9. The van der Waals surface area contributed by atoms with Gasteiger partial charge in [0.05, 0.1) is 12.6 Å². The number of nitrogens with zero attached hydrogens (tertiary/aromatic N) is 1. The maximum atomic E-state index is 12.4. The summed E-state index contributed by atoms with van der Waals surface area (Å²) in [5, 5.41) is 1.78. The monoisotopic (exact) mass is 346 g/mol. The molecule has 24 heavy (non-hydrogen) atoms. The first-order chi connectivity index (χ1) is 11.5. The second kappa shape index (κ2) is 7.09. The lowest BCUT2D eigenvalue weighted by atomic mass is 9.94. The molecule has 0 radical (unpaired) electrons. The fraction of sp³-hybridized carbons (Fsp3) is 0.526. The predicted molar refractivity (Wildman–Crippen MR) is 101 cm³/mol. The molecule has 0 saturated carbocycles. The molecule has 2 heterocycles. The third-order valence-electron chi connectivity index (χ3n) is 4.87. The van der Waals surface area contributed by atoms with Gasteiger partial charge in [-0.15, -0.1) is 0 Å². The lowest BCUT2D eigenvalue weighted by molar-refractivity contribution is 0.0839. The molecule has 1 aromatic heterocycles. The number of thioether (sulfide) groups is 1. The van der Waals surface area contributed by atoms with E-state index in [0.29, 0.717) is 11.9 Å². The van der Waals surface area contributed by atoms with E-state index in [1.165, 1.54) is 22.2 Å². The molecule has 2 aromatic rings. The number of fused-ring (bicyclic) bond motifs is 3. The average Bonchev–Trinajstić information content (AvgIpc) is 2.93. The van der Waals surface area contributed by atoms with E-state index in [9.17, 15) is 4.79 Å². The van der Waals surface area contributed by atoms with Crippen LogP contribution in [-0.2, 0) is 11.2 Å². The Morgan fingerprint density at radius 2 is 2.29 bits per heavy atom. The van der Waals surface area contributed by atoms with Gasteiger partial charge in [0.15, 0.2) is 0 Å². The fourth-order valence-electron chi connectivity index (χ4n) is 3.56. The summed E-state index contributed by atoms with van der Waals surface area (Å²) in [6, 6.07) is 6.59. The molecule has 2 atom stereocenters. The van der Waals surface area contributed by atoms with Gasteiger partial charge in [-0.25, -0.2) is 4.79 Å². The summed E-state index contributed by atoms with van der Waals surface area (Å²) in [6.07, 6.45) is 3.73. The summed E-state index contributed by atoms with van der Waals surface area (Å²) >= 11 is 1.84. The van der Waals surface area contributed by atoms with Crippen molar-refractivity contribution in [2.45, 2.75) is 44.9 Å². The van der Waals surface area contributed by atoms with Crippen LogP contribution in [0.1, 0.15) is 43.1 Å². The number of hydrogen-bond acceptors (Lipinski definition) is 3. The van der Waals surface area contributed by atoms with Crippen LogP contribution in [0.4, 0.5) is 4.79 Å². The predicted octanol–water partition coefficient (Wildman–Crippen LogP) is 4.67. The van der Waals surface area contributed by atoms with E-state index < -0.39 is 0 Å². The smallest absolute Gasteiger partial charge is 0.410 e. The van der Waals surface area contributed by atoms with Crippen LogP contribution in [0.5, 0.6) is 0 Å². The molecule has 130 valence electrons. The molecule has 4 nitrogen and oxygen atoms in total. The summed E-state index contributed by atoms with van der Waals surface area (Å²) in [7, 11) is 0. The van der Waals surface area contributed by atoms with Crippen LogP contribution in [0.3, 0.4) is 0 Å². The van der Waals surface area contributed by atoms with E-state index in [4.69, 9.17) is 4.74 Å². The van der Waals surface area contributed by atoms with Crippen molar-refractivity contribution in [2.75, 3.05) is 19.4 Å². The summed E-state index contributed by atoms with van der Waals surface area (Å²) in [5.41, 5.74) is 4.99. The quantitative estimate of drug-likeness (QED) is 0.875. The normalized spacial score (nSPS) is 18.5. The van der Waals surface area contributed by atoms with Crippen LogP contribution in [0.2, 0.25) is 0 Å². The van der Waals surface area contributed by atoms with Crippen molar-refractivity contribution in [3.05, 3.63) is 35.0 Å². The highest BCUT2D eigenvalue weighted by Crippen LogP contribution is 2.38. The van der Waals surface area contributed by atoms with Crippen LogP contribution in [0.15, 0.2) is 18.2 Å². The molecule has 0 aliphatic carbocycles. The van der Waals surface area contributed by atoms with Crippen LogP contribution < -0.4 is 0 Å². The van der Waals surface area contributed by atoms with E-state index >= 15 is 0 Å². The first kappa shape index (κ1) is 17.2. The minimum atomic E-state index is -0.198. The maximum Gasteiger partial charge on any atom is 0.410 e. The Morgan fingerprint density at radius 1 is 1.50 bits per heavy atom. The molecule has 2 unspecified atom stereocenters.